The summed E-state index contributed by atoms with van der Waals surface area (Å²) in [7, 11) is 0. The Bertz CT molecular complexity index is 1590. The monoisotopic (exact) mass is 471 g/mol. The fraction of sp³-hybridized carbons (Fsp3) is 0.192. The van der Waals surface area contributed by atoms with Crippen LogP contribution in [-0.4, -0.2) is 24.4 Å². The maximum absolute atomic E-state index is 11.5. The highest BCUT2D eigenvalue weighted by Crippen LogP contribution is 2.33. The number of para-hydroxylation sites is 1. The highest BCUT2D eigenvalue weighted by molar-refractivity contribution is 6.35. The zero-order chi connectivity index (χ0) is 24.0. The van der Waals surface area contributed by atoms with Crippen LogP contribution in [-0.2, 0) is 13.0 Å². The third-order valence-corrected chi connectivity index (χ3v) is 6.27. The minimum absolute atomic E-state index is 0.000736. The van der Waals surface area contributed by atoms with Gasteiger partial charge < -0.3 is 4.57 Å². The van der Waals surface area contributed by atoms with Gasteiger partial charge in [-0.2, -0.15) is 0 Å². The van der Waals surface area contributed by atoms with E-state index in [4.69, 9.17) is 21.6 Å². The molecule has 0 unspecified atom stereocenters. The van der Waals surface area contributed by atoms with Crippen LogP contribution >= 0.6 is 11.6 Å². The van der Waals surface area contributed by atoms with Gasteiger partial charge in [0.15, 0.2) is 5.65 Å². The van der Waals surface area contributed by atoms with Gasteiger partial charge in [-0.1, -0.05) is 36.7 Å². The number of rotatable bonds is 5. The Balaban J connectivity index is 1.59. The van der Waals surface area contributed by atoms with E-state index in [0.29, 0.717) is 28.3 Å². The van der Waals surface area contributed by atoms with Crippen LogP contribution in [0.5, 0.6) is 0 Å². The molecule has 0 aliphatic carbocycles. The first-order valence-electron chi connectivity index (χ1n) is 11.0. The maximum Gasteiger partial charge on any atom is 0.278 e. The van der Waals surface area contributed by atoms with Gasteiger partial charge in [0.1, 0.15) is 11.3 Å². The molecule has 2 aromatic carbocycles. The van der Waals surface area contributed by atoms with Crippen molar-refractivity contribution in [3.05, 3.63) is 92.4 Å². The lowest BCUT2D eigenvalue weighted by Gasteiger charge is -2.11. The molecule has 0 aliphatic heterocycles. The molecule has 5 aromatic rings. The van der Waals surface area contributed by atoms with Crippen molar-refractivity contribution in [1.29, 1.82) is 0 Å². The largest absolute Gasteiger partial charge is 0.308 e. The number of imidazole rings is 1. The third-order valence-electron chi connectivity index (χ3n) is 5.96. The summed E-state index contributed by atoms with van der Waals surface area (Å²) in [5.41, 5.74) is 6.52. The van der Waals surface area contributed by atoms with Crippen molar-refractivity contribution in [2.45, 2.75) is 33.7 Å². The van der Waals surface area contributed by atoms with Crippen LogP contribution < -0.4 is 0 Å². The van der Waals surface area contributed by atoms with Crippen molar-refractivity contribution in [3.8, 4) is 11.3 Å². The maximum atomic E-state index is 11.5. The highest BCUT2D eigenvalue weighted by Gasteiger charge is 2.18. The second kappa shape index (κ2) is 8.50. The second-order valence-corrected chi connectivity index (χ2v) is 8.74. The molecule has 0 saturated carbocycles. The van der Waals surface area contributed by atoms with Crippen molar-refractivity contribution in [1.82, 2.24) is 19.5 Å². The number of aromatic nitrogens is 4. The predicted molar refractivity (Wildman–Crippen MR) is 134 cm³/mol. The molecule has 0 spiro atoms. The number of benzene rings is 2. The molecule has 8 heteroatoms. The molecule has 0 atom stereocenters. The normalized spacial score (nSPS) is 11.4. The van der Waals surface area contributed by atoms with E-state index >= 15 is 0 Å². The average molecular weight is 472 g/mol. The van der Waals surface area contributed by atoms with E-state index in [0.717, 1.165) is 45.6 Å². The first-order chi connectivity index (χ1) is 16.4. The molecule has 3 heterocycles. The minimum Gasteiger partial charge on any atom is -0.308 e. The van der Waals surface area contributed by atoms with Gasteiger partial charge in [0.05, 0.1) is 33.3 Å². The topological polar surface area (TPSA) is 86.7 Å². The lowest BCUT2D eigenvalue weighted by molar-refractivity contribution is -0.384. The number of halogens is 1. The number of fused-ring (bicyclic) bond motifs is 2. The van der Waals surface area contributed by atoms with Crippen molar-refractivity contribution in [3.63, 3.8) is 0 Å². The summed E-state index contributed by atoms with van der Waals surface area (Å²) in [5.74, 6) is 0.979. The van der Waals surface area contributed by atoms with Crippen LogP contribution in [0, 0.1) is 24.0 Å². The Kier molecular flexibility index (Phi) is 5.49. The third kappa shape index (κ3) is 3.78. The van der Waals surface area contributed by atoms with Crippen LogP contribution in [0.25, 0.3) is 33.3 Å². The average Bonchev–Trinajstić information content (AvgIpc) is 3.17. The summed E-state index contributed by atoms with van der Waals surface area (Å²) in [6, 6.07) is 16.2. The lowest BCUT2D eigenvalue weighted by Crippen LogP contribution is -2.06. The summed E-state index contributed by atoms with van der Waals surface area (Å²) in [6.07, 6.45) is 0.796. The highest BCUT2D eigenvalue weighted by atomic mass is 35.5. The Hall–Kier alpha value is -3.84. The van der Waals surface area contributed by atoms with Gasteiger partial charge in [0.25, 0.3) is 5.69 Å². The van der Waals surface area contributed by atoms with E-state index < -0.39 is 4.92 Å². The fourth-order valence-corrected chi connectivity index (χ4v) is 4.64. The number of hydrogen-bond donors (Lipinski definition) is 0. The molecule has 0 saturated heterocycles. The Labute approximate surface area is 201 Å². The van der Waals surface area contributed by atoms with Gasteiger partial charge in [-0.15, -0.1) is 0 Å². The van der Waals surface area contributed by atoms with E-state index in [9.17, 15) is 10.1 Å². The molecule has 3 aromatic heterocycles. The van der Waals surface area contributed by atoms with Crippen LogP contribution in [0.2, 0.25) is 5.02 Å². The molecule has 5 rings (SSSR count). The molecular weight excluding hydrogens is 450 g/mol. The van der Waals surface area contributed by atoms with Gasteiger partial charge >= 0.3 is 0 Å². The van der Waals surface area contributed by atoms with Crippen molar-refractivity contribution in [2.24, 2.45) is 0 Å². The van der Waals surface area contributed by atoms with E-state index in [-0.39, 0.29) is 5.69 Å². The van der Waals surface area contributed by atoms with Gasteiger partial charge in [-0.05, 0) is 55.3 Å². The molecular formula is C26H22ClN5O2. The van der Waals surface area contributed by atoms with E-state index in [2.05, 4.69) is 29.5 Å². The molecule has 7 nitrogen and oxygen atoms in total. The summed E-state index contributed by atoms with van der Waals surface area (Å²) in [5, 5.41) is 12.8. The predicted octanol–water partition coefficient (Wildman–Crippen LogP) is 6.44. The summed E-state index contributed by atoms with van der Waals surface area (Å²) in [6.45, 7) is 6.74. The van der Waals surface area contributed by atoms with Gasteiger partial charge in [0, 0.05) is 23.6 Å². The number of nitrogens with zero attached hydrogens (tertiary/aromatic N) is 5. The number of pyridine rings is 2. The van der Waals surface area contributed by atoms with Gasteiger partial charge in [-0.25, -0.2) is 15.0 Å². The van der Waals surface area contributed by atoms with Crippen LogP contribution in [0.15, 0.2) is 54.6 Å². The fourth-order valence-electron chi connectivity index (χ4n) is 4.38. The van der Waals surface area contributed by atoms with Crippen molar-refractivity contribution >= 4 is 39.4 Å². The van der Waals surface area contributed by atoms with Crippen molar-refractivity contribution < 1.29 is 4.92 Å². The number of hydrogen-bond acceptors (Lipinski definition) is 5. The Morgan fingerprint density at radius 1 is 1.03 bits per heavy atom. The van der Waals surface area contributed by atoms with Crippen LogP contribution in [0.4, 0.5) is 5.69 Å². The first-order valence-corrected chi connectivity index (χ1v) is 11.4. The zero-order valence-corrected chi connectivity index (χ0v) is 19.8. The summed E-state index contributed by atoms with van der Waals surface area (Å²) in [4.78, 5) is 25.3. The number of nitro benzene ring substituents is 1. The molecule has 34 heavy (non-hydrogen) atoms. The number of nitro groups is 1. The summed E-state index contributed by atoms with van der Waals surface area (Å²) >= 11 is 6.65. The van der Waals surface area contributed by atoms with E-state index in [1.54, 1.807) is 24.3 Å². The summed E-state index contributed by atoms with van der Waals surface area (Å²) < 4.78 is 2.15. The van der Waals surface area contributed by atoms with E-state index in [1.807, 2.05) is 25.1 Å². The molecule has 0 bridgehead atoms. The first kappa shape index (κ1) is 22.0. The molecule has 0 amide bonds. The quantitative estimate of drug-likeness (QED) is 0.217. The van der Waals surface area contributed by atoms with E-state index in [1.165, 1.54) is 6.07 Å². The molecule has 0 N–H and O–H groups in total. The molecule has 170 valence electrons. The standard InChI is InChI=1S/C26H22ClN5O2/c1-4-24-30-25-15(2)11-16(3)28-26(25)31(24)14-17-9-10-21-19(12-17)20(27)13-22(29-21)18-7-5-6-8-23(18)32(33)34/h5-13H,4,14H2,1-3H3. The molecule has 0 fully saturated rings. The van der Waals surface area contributed by atoms with Gasteiger partial charge in [0.2, 0.25) is 0 Å². The smallest absolute Gasteiger partial charge is 0.278 e. The SMILES string of the molecule is CCc1nc2c(C)cc(C)nc2n1Cc1ccc2nc(-c3ccccc3[N+](=O)[O-])cc(Cl)c2c1. The minimum atomic E-state index is -0.406. The Morgan fingerprint density at radius 2 is 1.82 bits per heavy atom. The lowest BCUT2D eigenvalue weighted by atomic mass is 10.1. The van der Waals surface area contributed by atoms with Gasteiger partial charge in [-0.3, -0.25) is 10.1 Å². The van der Waals surface area contributed by atoms with Crippen LogP contribution in [0.1, 0.15) is 29.6 Å². The molecule has 0 aliphatic rings. The second-order valence-electron chi connectivity index (χ2n) is 8.34. The van der Waals surface area contributed by atoms with Crippen LogP contribution in [0.3, 0.4) is 0 Å². The number of aryl methyl sites for hydroxylation is 3. The van der Waals surface area contributed by atoms with Crippen molar-refractivity contribution in [2.75, 3.05) is 0 Å². The Morgan fingerprint density at radius 3 is 2.59 bits per heavy atom. The molecule has 0 radical (unpaired) electrons. The zero-order valence-electron chi connectivity index (χ0n) is 19.0.